The van der Waals surface area contributed by atoms with Crippen LogP contribution in [0.5, 0.6) is 0 Å². The lowest BCUT2D eigenvalue weighted by Gasteiger charge is -2.02. The molecule has 0 rings (SSSR count). The first-order chi connectivity index (χ1) is 8.20. The molecule has 0 saturated carbocycles. The van der Waals surface area contributed by atoms with Crippen molar-refractivity contribution in [3.05, 3.63) is 23.8 Å². The van der Waals surface area contributed by atoms with Crippen LogP contribution in [0.2, 0.25) is 0 Å². The molecule has 18 heavy (non-hydrogen) atoms. The molecular formula is C17H31N. The van der Waals surface area contributed by atoms with Crippen LogP contribution in [0.25, 0.3) is 0 Å². The molecule has 0 aliphatic rings. The number of nitriles is 1. The van der Waals surface area contributed by atoms with Gasteiger partial charge in [0, 0.05) is 5.57 Å². The van der Waals surface area contributed by atoms with Gasteiger partial charge in [-0.3, -0.25) is 0 Å². The fourth-order valence-electron chi connectivity index (χ4n) is 1.16. The topological polar surface area (TPSA) is 23.8 Å². The molecule has 0 radical (unpaired) electrons. The summed E-state index contributed by atoms with van der Waals surface area (Å²) in [5.74, 6) is 2.26. The number of hydrogen-bond donors (Lipinski definition) is 0. The van der Waals surface area contributed by atoms with Gasteiger partial charge in [0.05, 0.1) is 6.07 Å². The van der Waals surface area contributed by atoms with Gasteiger partial charge in [0.1, 0.15) is 0 Å². The van der Waals surface area contributed by atoms with Crippen LogP contribution in [-0.2, 0) is 0 Å². The molecule has 0 aliphatic carbocycles. The average Bonchev–Trinajstić information content (AvgIpc) is 2.23. The van der Waals surface area contributed by atoms with Gasteiger partial charge in [-0.2, -0.15) is 5.26 Å². The Morgan fingerprint density at radius 2 is 1.17 bits per heavy atom. The first-order valence-electron chi connectivity index (χ1n) is 7.00. The van der Waals surface area contributed by atoms with Gasteiger partial charge in [-0.1, -0.05) is 73.6 Å². The lowest BCUT2D eigenvalue weighted by molar-refractivity contribution is 0.752. The molecular weight excluding hydrogens is 218 g/mol. The summed E-state index contributed by atoms with van der Waals surface area (Å²) in [6.45, 7) is 17.0. The van der Waals surface area contributed by atoms with E-state index >= 15 is 0 Å². The van der Waals surface area contributed by atoms with Crippen molar-refractivity contribution < 1.29 is 0 Å². The van der Waals surface area contributed by atoms with E-state index < -0.39 is 0 Å². The minimum Gasteiger partial charge on any atom is -0.193 e. The van der Waals surface area contributed by atoms with E-state index in [4.69, 9.17) is 5.26 Å². The molecule has 0 bridgehead atoms. The maximum Gasteiger partial charge on any atom is 0.0946 e. The quantitative estimate of drug-likeness (QED) is 0.470. The molecule has 0 atom stereocenters. The molecule has 0 aromatic carbocycles. The third kappa shape index (κ3) is 15.0. The van der Waals surface area contributed by atoms with Crippen LogP contribution in [-0.4, -0.2) is 0 Å². The van der Waals surface area contributed by atoms with Gasteiger partial charge in [-0.15, -0.1) is 0 Å². The minimum absolute atomic E-state index is 0.368. The predicted octanol–water partition coefficient (Wildman–Crippen LogP) is 5.60. The van der Waals surface area contributed by atoms with Crippen molar-refractivity contribution in [3.8, 4) is 6.07 Å². The van der Waals surface area contributed by atoms with Crippen LogP contribution in [0.3, 0.4) is 0 Å². The second-order valence-electron chi connectivity index (χ2n) is 6.01. The van der Waals surface area contributed by atoms with E-state index in [-0.39, 0.29) is 0 Å². The number of nitrogens with zero attached hydrogens (tertiary/aromatic N) is 1. The Kier molecular flexibility index (Phi) is 11.9. The maximum absolute atomic E-state index is 8.63. The van der Waals surface area contributed by atoms with Crippen molar-refractivity contribution in [1.29, 1.82) is 5.26 Å². The summed E-state index contributed by atoms with van der Waals surface area (Å²) in [6, 6.07) is 2.19. The van der Waals surface area contributed by atoms with Crippen LogP contribution >= 0.6 is 0 Å². The Labute approximate surface area is 115 Å². The minimum atomic E-state index is 0.368. The summed E-state index contributed by atoms with van der Waals surface area (Å²) in [6.07, 6.45) is 6.50. The van der Waals surface area contributed by atoms with E-state index in [1.165, 1.54) is 0 Å². The monoisotopic (exact) mass is 249 g/mol. The fraction of sp³-hybridized carbons (Fsp3) is 0.706. The molecule has 1 heteroatoms. The normalized spacial score (nSPS) is 12.3. The van der Waals surface area contributed by atoms with E-state index in [2.05, 4.69) is 59.8 Å². The SMILES string of the molecule is CC(C)C=C(C#N)C(C)C.CC(C)C=CC(C)C. The Bertz CT molecular complexity index is 275. The second-order valence-corrected chi connectivity index (χ2v) is 6.01. The third-order valence-corrected chi connectivity index (χ3v) is 2.14. The highest BCUT2D eigenvalue weighted by molar-refractivity contribution is 5.22. The summed E-state index contributed by atoms with van der Waals surface area (Å²) < 4.78 is 0. The Morgan fingerprint density at radius 3 is 1.28 bits per heavy atom. The molecule has 0 aromatic rings. The van der Waals surface area contributed by atoms with Crippen molar-refractivity contribution in [2.75, 3.05) is 0 Å². The smallest absolute Gasteiger partial charge is 0.0946 e. The van der Waals surface area contributed by atoms with Crippen molar-refractivity contribution in [3.63, 3.8) is 0 Å². The highest BCUT2D eigenvalue weighted by atomic mass is 14.3. The molecule has 0 heterocycles. The van der Waals surface area contributed by atoms with Crippen molar-refractivity contribution in [1.82, 2.24) is 0 Å². The summed E-state index contributed by atoms with van der Waals surface area (Å²) in [5, 5.41) is 8.63. The molecule has 0 aromatic heterocycles. The molecule has 0 unspecified atom stereocenters. The zero-order chi connectivity index (χ0) is 14.7. The summed E-state index contributed by atoms with van der Waals surface area (Å²) >= 11 is 0. The van der Waals surface area contributed by atoms with Crippen LogP contribution in [0.1, 0.15) is 55.4 Å². The highest BCUT2D eigenvalue weighted by Crippen LogP contribution is 2.10. The fourth-order valence-corrected chi connectivity index (χ4v) is 1.16. The molecule has 104 valence electrons. The van der Waals surface area contributed by atoms with Gasteiger partial charge in [-0.25, -0.2) is 0 Å². The zero-order valence-corrected chi connectivity index (χ0v) is 13.5. The van der Waals surface area contributed by atoms with E-state index in [9.17, 15) is 0 Å². The molecule has 0 spiro atoms. The van der Waals surface area contributed by atoms with E-state index in [1.807, 2.05) is 19.9 Å². The standard InChI is InChI=1S/C9H15N.C8H16/c1-7(2)5-9(6-10)8(3)4;1-7(2)5-6-8(3)4/h5,7-8H,1-4H3;5-8H,1-4H3. The Morgan fingerprint density at radius 1 is 0.778 bits per heavy atom. The van der Waals surface area contributed by atoms with E-state index in [0.29, 0.717) is 23.7 Å². The van der Waals surface area contributed by atoms with Gasteiger partial charge >= 0.3 is 0 Å². The Balaban J connectivity index is 0. The zero-order valence-electron chi connectivity index (χ0n) is 13.5. The number of hydrogen-bond acceptors (Lipinski definition) is 1. The number of rotatable bonds is 4. The largest absolute Gasteiger partial charge is 0.193 e. The van der Waals surface area contributed by atoms with Gasteiger partial charge in [-0.05, 0) is 23.7 Å². The summed E-state index contributed by atoms with van der Waals surface area (Å²) in [7, 11) is 0. The summed E-state index contributed by atoms with van der Waals surface area (Å²) in [5.41, 5.74) is 0.898. The molecule has 0 N–H and O–H groups in total. The molecule has 0 aliphatic heterocycles. The first kappa shape index (κ1) is 19.3. The maximum atomic E-state index is 8.63. The number of allylic oxidation sites excluding steroid dienone is 4. The van der Waals surface area contributed by atoms with Crippen molar-refractivity contribution in [2.45, 2.75) is 55.4 Å². The molecule has 0 fully saturated rings. The second kappa shape index (κ2) is 11.1. The Hall–Kier alpha value is -1.03. The first-order valence-corrected chi connectivity index (χ1v) is 7.00. The average molecular weight is 249 g/mol. The predicted molar refractivity (Wildman–Crippen MR) is 82.2 cm³/mol. The van der Waals surface area contributed by atoms with Gasteiger partial charge in [0.25, 0.3) is 0 Å². The lowest BCUT2D eigenvalue weighted by Crippen LogP contribution is -1.93. The van der Waals surface area contributed by atoms with Crippen LogP contribution < -0.4 is 0 Å². The molecule has 1 nitrogen and oxygen atoms in total. The van der Waals surface area contributed by atoms with Crippen LogP contribution in [0, 0.1) is 35.0 Å². The van der Waals surface area contributed by atoms with Gasteiger partial charge in [0.2, 0.25) is 0 Å². The molecule has 0 saturated heterocycles. The van der Waals surface area contributed by atoms with Gasteiger partial charge < -0.3 is 0 Å². The van der Waals surface area contributed by atoms with E-state index in [0.717, 1.165) is 5.57 Å². The van der Waals surface area contributed by atoms with Gasteiger partial charge in [0.15, 0.2) is 0 Å². The highest BCUT2D eigenvalue weighted by Gasteiger charge is 2.01. The molecule has 0 amide bonds. The van der Waals surface area contributed by atoms with Crippen LogP contribution in [0.15, 0.2) is 23.8 Å². The third-order valence-electron chi connectivity index (χ3n) is 2.14. The van der Waals surface area contributed by atoms with Crippen molar-refractivity contribution >= 4 is 0 Å². The van der Waals surface area contributed by atoms with Crippen molar-refractivity contribution in [2.24, 2.45) is 23.7 Å². The lowest BCUT2D eigenvalue weighted by atomic mass is 10.0. The van der Waals surface area contributed by atoms with Crippen LogP contribution in [0.4, 0.5) is 0 Å². The summed E-state index contributed by atoms with van der Waals surface area (Å²) in [4.78, 5) is 0. The van der Waals surface area contributed by atoms with E-state index in [1.54, 1.807) is 0 Å².